The Kier molecular flexibility index (Phi) is 3.81. The van der Waals surface area contributed by atoms with E-state index < -0.39 is 5.97 Å². The van der Waals surface area contributed by atoms with Gasteiger partial charge in [-0.05, 0) is 35.7 Å². The van der Waals surface area contributed by atoms with Crippen molar-refractivity contribution < 1.29 is 14.6 Å². The van der Waals surface area contributed by atoms with E-state index in [1.807, 2.05) is 29.6 Å². The molecule has 2 heterocycles. The quantitative estimate of drug-likeness (QED) is 0.783. The number of benzene rings is 1. The second-order valence-corrected chi connectivity index (χ2v) is 6.23. The first-order chi connectivity index (χ1) is 10.2. The highest BCUT2D eigenvalue weighted by molar-refractivity contribution is 7.99. The number of carboxylic acid groups (broad SMARTS) is 1. The number of carboxylic acids is 1. The van der Waals surface area contributed by atoms with Crippen LogP contribution in [0.25, 0.3) is 10.8 Å². The van der Waals surface area contributed by atoms with Crippen molar-refractivity contribution in [1.29, 1.82) is 0 Å². The van der Waals surface area contributed by atoms with Crippen molar-refractivity contribution in [3.8, 4) is 5.75 Å². The van der Waals surface area contributed by atoms with E-state index in [4.69, 9.17) is 9.84 Å². The van der Waals surface area contributed by atoms with E-state index in [1.165, 1.54) is 23.1 Å². The zero-order valence-electron chi connectivity index (χ0n) is 11.1. The maximum absolute atomic E-state index is 10.9. The number of nitrogens with zero attached hydrogens (tertiary/aromatic N) is 1. The summed E-state index contributed by atoms with van der Waals surface area (Å²) in [6, 6.07) is 9.41. The molecular weight excluding hydrogens is 306 g/mol. The molecule has 0 aliphatic heterocycles. The molecule has 0 spiro atoms. The Morgan fingerprint density at radius 2 is 2.19 bits per heavy atom. The van der Waals surface area contributed by atoms with Gasteiger partial charge in [-0.25, -0.2) is 9.78 Å². The number of fused-ring (bicyclic) bond motifs is 1. The SMILES string of the molecule is COc1ccc2c(Sc3csc(C(=O)O)c3)nccc2c1. The van der Waals surface area contributed by atoms with Crippen LogP contribution in [0.4, 0.5) is 0 Å². The molecule has 106 valence electrons. The molecule has 0 fully saturated rings. The van der Waals surface area contributed by atoms with Gasteiger partial charge in [0.1, 0.15) is 15.7 Å². The number of carbonyl (C=O) groups is 1. The standard InChI is InChI=1S/C15H11NO3S2/c1-19-10-2-3-12-9(6-10)4-5-16-14(12)21-11-7-13(15(17)18)20-8-11/h2-8H,1H3,(H,17,18). The molecule has 0 atom stereocenters. The molecule has 2 aromatic heterocycles. The van der Waals surface area contributed by atoms with Gasteiger partial charge >= 0.3 is 5.97 Å². The highest BCUT2D eigenvalue weighted by atomic mass is 32.2. The first-order valence-corrected chi connectivity index (χ1v) is 7.79. The fraction of sp³-hybridized carbons (Fsp3) is 0.0667. The minimum Gasteiger partial charge on any atom is -0.497 e. The summed E-state index contributed by atoms with van der Waals surface area (Å²) in [4.78, 5) is 16.5. The Morgan fingerprint density at radius 3 is 2.90 bits per heavy atom. The van der Waals surface area contributed by atoms with Gasteiger partial charge in [0.05, 0.1) is 7.11 Å². The summed E-state index contributed by atoms with van der Waals surface area (Å²) in [7, 11) is 1.64. The number of rotatable bonds is 4. The molecular formula is C15H11NO3S2. The average molecular weight is 317 g/mol. The van der Waals surface area contributed by atoms with Crippen LogP contribution in [0.3, 0.4) is 0 Å². The Bertz CT molecular complexity index is 814. The van der Waals surface area contributed by atoms with Gasteiger partial charge in [-0.2, -0.15) is 0 Å². The molecule has 1 N–H and O–H groups in total. The van der Waals surface area contributed by atoms with E-state index in [2.05, 4.69) is 4.98 Å². The predicted octanol–water partition coefficient (Wildman–Crippen LogP) is 4.15. The molecule has 3 rings (SSSR count). The Morgan fingerprint density at radius 1 is 1.33 bits per heavy atom. The lowest BCUT2D eigenvalue weighted by atomic mass is 10.2. The van der Waals surface area contributed by atoms with Crippen LogP contribution < -0.4 is 4.74 Å². The van der Waals surface area contributed by atoms with Crippen LogP contribution in [-0.4, -0.2) is 23.2 Å². The van der Waals surface area contributed by atoms with Crippen LogP contribution in [0, 0.1) is 0 Å². The maximum atomic E-state index is 10.9. The highest BCUT2D eigenvalue weighted by Gasteiger charge is 2.10. The van der Waals surface area contributed by atoms with E-state index in [-0.39, 0.29) is 0 Å². The van der Waals surface area contributed by atoms with E-state index in [0.29, 0.717) is 4.88 Å². The third-order valence-corrected chi connectivity index (χ3v) is 4.99. The van der Waals surface area contributed by atoms with Gasteiger partial charge in [0, 0.05) is 21.9 Å². The van der Waals surface area contributed by atoms with E-state index in [1.54, 1.807) is 19.4 Å². The minimum absolute atomic E-state index is 0.333. The second kappa shape index (κ2) is 5.75. The van der Waals surface area contributed by atoms with Gasteiger partial charge in [0.15, 0.2) is 0 Å². The third-order valence-electron chi connectivity index (χ3n) is 2.94. The molecule has 3 aromatic rings. The number of methoxy groups -OCH3 is 1. The molecule has 0 aliphatic carbocycles. The number of hydrogen-bond acceptors (Lipinski definition) is 5. The third kappa shape index (κ3) is 2.86. The summed E-state index contributed by atoms with van der Waals surface area (Å²) < 4.78 is 5.22. The highest BCUT2D eigenvalue weighted by Crippen LogP contribution is 2.35. The molecule has 0 saturated heterocycles. The topological polar surface area (TPSA) is 59.4 Å². The van der Waals surface area contributed by atoms with E-state index in [0.717, 1.165) is 26.4 Å². The number of aromatic carboxylic acids is 1. The van der Waals surface area contributed by atoms with Crippen molar-refractivity contribution in [2.75, 3.05) is 7.11 Å². The van der Waals surface area contributed by atoms with Gasteiger partial charge in [-0.15, -0.1) is 11.3 Å². The number of thiophene rings is 1. The summed E-state index contributed by atoms with van der Waals surface area (Å²) in [5.41, 5.74) is 0. The lowest BCUT2D eigenvalue weighted by Gasteiger charge is -2.06. The summed E-state index contributed by atoms with van der Waals surface area (Å²) in [6.07, 6.45) is 1.74. The van der Waals surface area contributed by atoms with Crippen LogP contribution in [0.1, 0.15) is 9.67 Å². The van der Waals surface area contributed by atoms with Gasteiger partial charge in [-0.3, -0.25) is 0 Å². The molecule has 6 heteroatoms. The van der Waals surface area contributed by atoms with Crippen molar-refractivity contribution in [3.63, 3.8) is 0 Å². The molecule has 0 amide bonds. The van der Waals surface area contributed by atoms with Gasteiger partial charge in [0.25, 0.3) is 0 Å². The van der Waals surface area contributed by atoms with Crippen LogP contribution in [0.15, 0.2) is 51.8 Å². The van der Waals surface area contributed by atoms with Crippen LogP contribution in [0.5, 0.6) is 5.75 Å². The van der Waals surface area contributed by atoms with Crippen LogP contribution in [-0.2, 0) is 0 Å². The summed E-state index contributed by atoms with van der Waals surface area (Å²) in [6.45, 7) is 0. The fourth-order valence-corrected chi connectivity index (χ4v) is 3.76. The van der Waals surface area contributed by atoms with Crippen molar-refractivity contribution >= 4 is 39.8 Å². The molecule has 21 heavy (non-hydrogen) atoms. The molecule has 0 unspecified atom stereocenters. The summed E-state index contributed by atoms with van der Waals surface area (Å²) in [5, 5.41) is 13.7. The number of pyridine rings is 1. The van der Waals surface area contributed by atoms with Crippen molar-refractivity contribution in [2.24, 2.45) is 0 Å². The average Bonchev–Trinajstić information content (AvgIpc) is 2.96. The number of hydrogen-bond donors (Lipinski definition) is 1. The molecule has 0 radical (unpaired) electrons. The van der Waals surface area contributed by atoms with E-state index >= 15 is 0 Å². The van der Waals surface area contributed by atoms with Gasteiger partial charge in [-0.1, -0.05) is 11.8 Å². The van der Waals surface area contributed by atoms with Crippen LogP contribution in [0.2, 0.25) is 0 Å². The van der Waals surface area contributed by atoms with E-state index in [9.17, 15) is 4.79 Å². The van der Waals surface area contributed by atoms with Crippen molar-refractivity contribution in [1.82, 2.24) is 4.98 Å². The number of aromatic nitrogens is 1. The first-order valence-electron chi connectivity index (χ1n) is 6.10. The zero-order chi connectivity index (χ0) is 14.8. The van der Waals surface area contributed by atoms with Crippen molar-refractivity contribution in [3.05, 3.63) is 46.8 Å². The molecule has 1 aromatic carbocycles. The largest absolute Gasteiger partial charge is 0.497 e. The van der Waals surface area contributed by atoms with Crippen LogP contribution >= 0.6 is 23.1 Å². The molecule has 0 saturated carbocycles. The maximum Gasteiger partial charge on any atom is 0.345 e. The van der Waals surface area contributed by atoms with Gasteiger partial charge in [0.2, 0.25) is 0 Å². The van der Waals surface area contributed by atoms with Gasteiger partial charge < -0.3 is 9.84 Å². The summed E-state index contributed by atoms with van der Waals surface area (Å²) in [5.74, 6) is -0.101. The minimum atomic E-state index is -0.900. The Labute approximate surface area is 129 Å². The second-order valence-electron chi connectivity index (χ2n) is 4.26. The predicted molar refractivity (Wildman–Crippen MR) is 83.7 cm³/mol. The molecule has 0 bridgehead atoms. The normalized spacial score (nSPS) is 10.7. The monoisotopic (exact) mass is 317 g/mol. The molecule has 0 aliphatic rings. The summed E-state index contributed by atoms with van der Waals surface area (Å²) >= 11 is 2.68. The molecule has 4 nitrogen and oxygen atoms in total. The van der Waals surface area contributed by atoms with Crippen molar-refractivity contribution in [2.45, 2.75) is 9.92 Å². The fourth-order valence-electron chi connectivity index (χ4n) is 1.93. The first kappa shape index (κ1) is 13.9. The lowest BCUT2D eigenvalue weighted by molar-refractivity contribution is 0.0702. The smallest absolute Gasteiger partial charge is 0.345 e. The lowest BCUT2D eigenvalue weighted by Crippen LogP contribution is -1.90. The Hall–Kier alpha value is -2.05. The Balaban J connectivity index is 1.98. The zero-order valence-corrected chi connectivity index (χ0v) is 12.7. The number of ether oxygens (including phenoxy) is 1.